The van der Waals surface area contributed by atoms with Crippen LogP contribution in [0.5, 0.6) is 5.75 Å². The van der Waals surface area contributed by atoms with E-state index in [9.17, 15) is 26.4 Å². The summed E-state index contributed by atoms with van der Waals surface area (Å²) in [5.74, 6) is -0.0117. The van der Waals surface area contributed by atoms with Crippen LogP contribution in [0.25, 0.3) is 5.69 Å². The van der Waals surface area contributed by atoms with E-state index in [4.69, 9.17) is 4.43 Å². The third kappa shape index (κ3) is 5.63. The van der Waals surface area contributed by atoms with Gasteiger partial charge in [-0.3, -0.25) is 9.36 Å². The van der Waals surface area contributed by atoms with Crippen molar-refractivity contribution in [1.82, 2.24) is 9.55 Å². The van der Waals surface area contributed by atoms with Gasteiger partial charge in [-0.25, -0.2) is 4.98 Å². The van der Waals surface area contributed by atoms with E-state index < -0.39 is 35.3 Å². The lowest BCUT2D eigenvalue weighted by molar-refractivity contribution is -0.0500. The summed E-state index contributed by atoms with van der Waals surface area (Å²) in [6.45, 7) is 12.5. The van der Waals surface area contributed by atoms with Gasteiger partial charge in [-0.05, 0) is 42.8 Å². The minimum atomic E-state index is -5.86. The van der Waals surface area contributed by atoms with Crippen LogP contribution < -0.4 is 14.6 Å². The molecule has 0 unspecified atom stereocenters. The van der Waals surface area contributed by atoms with Gasteiger partial charge in [0.15, 0.2) is 8.32 Å². The molecule has 3 heterocycles. The van der Waals surface area contributed by atoms with Crippen molar-refractivity contribution in [2.24, 2.45) is 0 Å². The van der Waals surface area contributed by atoms with E-state index >= 15 is 0 Å². The number of nitrogens with zero attached hydrogens (tertiary/aromatic N) is 3. The minimum absolute atomic E-state index is 0.116. The highest BCUT2D eigenvalue weighted by atomic mass is 32.2. The van der Waals surface area contributed by atoms with Crippen LogP contribution in [0.4, 0.5) is 19.0 Å². The molecule has 1 saturated heterocycles. The van der Waals surface area contributed by atoms with Crippen LogP contribution in [0.15, 0.2) is 41.5 Å². The molecule has 1 aliphatic heterocycles. The van der Waals surface area contributed by atoms with Gasteiger partial charge < -0.3 is 13.5 Å². The number of aromatic nitrogens is 2. The summed E-state index contributed by atoms with van der Waals surface area (Å²) < 4.78 is 71.3. The Hall–Kier alpha value is -2.38. The number of hydrogen-bond acceptors (Lipinski definition) is 7. The molecular weight excluding hydrogens is 491 g/mol. The number of pyridine rings is 2. The van der Waals surface area contributed by atoms with Crippen molar-refractivity contribution in [3.8, 4) is 11.4 Å². The molecule has 2 aromatic rings. The fraction of sp³-hybridized carbons (Fsp3) is 0.524. The molecule has 0 bridgehead atoms. The van der Waals surface area contributed by atoms with Gasteiger partial charge in [-0.15, -0.1) is 0 Å². The molecule has 1 atom stereocenters. The fourth-order valence-electron chi connectivity index (χ4n) is 3.23. The average Bonchev–Trinajstić information content (AvgIpc) is 3.14. The smallest absolute Gasteiger partial charge is 0.412 e. The second-order valence-electron chi connectivity index (χ2n) is 9.66. The van der Waals surface area contributed by atoms with Crippen molar-refractivity contribution >= 4 is 24.3 Å². The van der Waals surface area contributed by atoms with E-state index in [2.05, 4.69) is 47.9 Å². The molecule has 13 heteroatoms. The van der Waals surface area contributed by atoms with Gasteiger partial charge in [0.2, 0.25) is 0 Å². The molecule has 0 spiro atoms. The van der Waals surface area contributed by atoms with Crippen molar-refractivity contribution in [2.45, 2.75) is 56.9 Å². The van der Waals surface area contributed by atoms with E-state index in [0.29, 0.717) is 24.1 Å². The Labute approximate surface area is 197 Å². The van der Waals surface area contributed by atoms with E-state index in [-0.39, 0.29) is 11.1 Å². The van der Waals surface area contributed by atoms with Crippen LogP contribution >= 0.6 is 0 Å². The molecule has 1 fully saturated rings. The molecule has 0 aliphatic carbocycles. The lowest BCUT2D eigenvalue weighted by Crippen LogP contribution is -2.44. The Morgan fingerprint density at radius 3 is 2.35 bits per heavy atom. The molecular formula is C21H28F3N3O5SSi. The Morgan fingerprint density at radius 1 is 1.15 bits per heavy atom. The normalized spacial score (nSPS) is 17.8. The fourth-order valence-corrected chi connectivity index (χ4v) is 5.06. The molecule has 8 nitrogen and oxygen atoms in total. The molecule has 3 rings (SSSR count). The second kappa shape index (κ2) is 9.00. The van der Waals surface area contributed by atoms with Crippen molar-refractivity contribution < 1.29 is 30.2 Å². The van der Waals surface area contributed by atoms with E-state index in [0.717, 1.165) is 29.8 Å². The summed E-state index contributed by atoms with van der Waals surface area (Å²) in [7, 11) is -7.74. The Balaban J connectivity index is 1.70. The quantitative estimate of drug-likeness (QED) is 0.323. The first kappa shape index (κ1) is 26.2. The number of rotatable bonds is 6. The van der Waals surface area contributed by atoms with Crippen molar-refractivity contribution in [1.29, 1.82) is 0 Å². The molecule has 2 aromatic heterocycles. The number of alkyl halides is 3. The van der Waals surface area contributed by atoms with Crippen molar-refractivity contribution in [3.05, 3.63) is 47.0 Å². The van der Waals surface area contributed by atoms with Gasteiger partial charge >= 0.3 is 15.6 Å². The molecule has 0 saturated carbocycles. The van der Waals surface area contributed by atoms with Gasteiger partial charge in [-0.1, -0.05) is 20.8 Å². The van der Waals surface area contributed by atoms with Crippen LogP contribution in [0.1, 0.15) is 27.2 Å². The van der Waals surface area contributed by atoms with Crippen molar-refractivity contribution in [2.75, 3.05) is 18.0 Å². The predicted octanol–water partition coefficient (Wildman–Crippen LogP) is 4.06. The van der Waals surface area contributed by atoms with Gasteiger partial charge in [-0.2, -0.15) is 21.6 Å². The summed E-state index contributed by atoms with van der Waals surface area (Å²) in [6, 6.07) is 5.02. The van der Waals surface area contributed by atoms with E-state index in [1.54, 1.807) is 12.1 Å². The van der Waals surface area contributed by atoms with Gasteiger partial charge in [0.05, 0.1) is 18.0 Å². The average molecular weight is 520 g/mol. The Morgan fingerprint density at radius 2 is 1.82 bits per heavy atom. The summed E-state index contributed by atoms with van der Waals surface area (Å²) in [6.07, 6.45) is 3.59. The first-order chi connectivity index (χ1) is 15.5. The van der Waals surface area contributed by atoms with Crippen LogP contribution in [0, 0.1) is 0 Å². The number of halogens is 3. The largest absolute Gasteiger partial charge is 0.534 e. The zero-order valence-corrected chi connectivity index (χ0v) is 21.4. The van der Waals surface area contributed by atoms with Crippen LogP contribution in [-0.4, -0.2) is 51.0 Å². The Bertz CT molecular complexity index is 1190. The molecule has 188 valence electrons. The molecule has 0 radical (unpaired) electrons. The van der Waals surface area contributed by atoms with Crippen LogP contribution in [0.3, 0.4) is 0 Å². The zero-order chi connectivity index (χ0) is 25.5. The minimum Gasteiger partial charge on any atom is -0.412 e. The SMILES string of the molecule is CC(C)(C)[Si](C)(C)O[C@@H]1CCN(c2ccc(-n3ccc(OS(=O)(=O)C(F)(F)F)cc3=O)cn2)C1. The highest BCUT2D eigenvalue weighted by Gasteiger charge is 2.48. The maximum Gasteiger partial charge on any atom is 0.534 e. The lowest BCUT2D eigenvalue weighted by Gasteiger charge is -2.38. The highest BCUT2D eigenvalue weighted by molar-refractivity contribution is 7.88. The van der Waals surface area contributed by atoms with E-state index in [1.807, 2.05) is 0 Å². The Kier molecular flexibility index (Phi) is 6.94. The molecule has 1 aliphatic rings. The number of hydrogen-bond donors (Lipinski definition) is 0. The first-order valence-electron chi connectivity index (χ1n) is 10.6. The number of anilines is 1. The third-order valence-electron chi connectivity index (χ3n) is 6.13. The third-order valence-corrected chi connectivity index (χ3v) is 11.6. The second-order valence-corrected chi connectivity index (χ2v) is 16.0. The summed E-state index contributed by atoms with van der Waals surface area (Å²) >= 11 is 0. The predicted molar refractivity (Wildman–Crippen MR) is 124 cm³/mol. The lowest BCUT2D eigenvalue weighted by atomic mass is 10.2. The summed E-state index contributed by atoms with van der Waals surface area (Å²) in [5.41, 5.74) is -5.99. The highest BCUT2D eigenvalue weighted by Crippen LogP contribution is 2.38. The summed E-state index contributed by atoms with van der Waals surface area (Å²) in [4.78, 5) is 18.8. The standard InChI is InChI=1S/C21H28F3N3O5SSi/c1-20(2,3)34(4,5)32-17-8-10-26(14-17)18-7-6-15(13-25-18)27-11-9-16(12-19(27)28)31-33(29,30)21(22,23)24/h6-7,9,11-13,17H,8,10,14H2,1-5H3/t17-/m1/s1. The zero-order valence-electron chi connectivity index (χ0n) is 19.6. The molecule has 0 N–H and O–H groups in total. The molecule has 0 aromatic carbocycles. The van der Waals surface area contributed by atoms with Gasteiger partial charge in [0.25, 0.3) is 5.56 Å². The van der Waals surface area contributed by atoms with E-state index in [1.165, 1.54) is 6.20 Å². The summed E-state index contributed by atoms with van der Waals surface area (Å²) in [5, 5.41) is 0.116. The maximum atomic E-state index is 12.5. The first-order valence-corrected chi connectivity index (χ1v) is 14.9. The molecule has 0 amide bonds. The molecule has 34 heavy (non-hydrogen) atoms. The van der Waals surface area contributed by atoms with Crippen LogP contribution in [-0.2, 0) is 14.5 Å². The van der Waals surface area contributed by atoms with Crippen molar-refractivity contribution in [3.63, 3.8) is 0 Å². The monoisotopic (exact) mass is 519 g/mol. The van der Waals surface area contributed by atoms with Crippen LogP contribution in [0.2, 0.25) is 18.1 Å². The maximum absolute atomic E-state index is 12.5. The van der Waals surface area contributed by atoms with Gasteiger partial charge in [0.1, 0.15) is 11.6 Å². The van der Waals surface area contributed by atoms with Gasteiger partial charge in [0, 0.05) is 25.4 Å². The topological polar surface area (TPSA) is 90.7 Å².